The van der Waals surface area contributed by atoms with E-state index < -0.39 is 0 Å². The zero-order chi connectivity index (χ0) is 13.8. The zero-order valence-electron chi connectivity index (χ0n) is 11.8. The molecule has 1 aliphatic heterocycles. The number of ether oxygens (including phenoxy) is 1. The van der Waals surface area contributed by atoms with Crippen LogP contribution in [0.4, 0.5) is 0 Å². The summed E-state index contributed by atoms with van der Waals surface area (Å²) >= 11 is 1.72. The van der Waals surface area contributed by atoms with Gasteiger partial charge >= 0.3 is 0 Å². The van der Waals surface area contributed by atoms with E-state index in [9.17, 15) is 4.79 Å². The van der Waals surface area contributed by atoms with Crippen LogP contribution >= 0.6 is 11.8 Å². The molecule has 0 spiro atoms. The lowest BCUT2D eigenvalue weighted by Crippen LogP contribution is -2.39. The second-order valence-corrected chi connectivity index (χ2v) is 5.81. The Hall–Kier alpha value is -1.16. The maximum absolute atomic E-state index is 12.2. The van der Waals surface area contributed by atoms with Crippen LogP contribution in [0.5, 0.6) is 5.75 Å². The van der Waals surface area contributed by atoms with E-state index in [4.69, 9.17) is 4.74 Å². The molecule has 0 saturated carbocycles. The number of hydrogen-bond acceptors (Lipinski definition) is 3. The lowest BCUT2D eigenvalue weighted by Gasteiger charge is -2.35. The minimum absolute atomic E-state index is 0.146. The molecular weight excluding hydrogens is 258 g/mol. The first kappa shape index (κ1) is 14.3. The molecule has 0 unspecified atom stereocenters. The van der Waals surface area contributed by atoms with Crippen molar-refractivity contribution in [1.29, 1.82) is 0 Å². The average molecular weight is 279 g/mol. The van der Waals surface area contributed by atoms with Crippen molar-refractivity contribution in [2.75, 3.05) is 25.7 Å². The van der Waals surface area contributed by atoms with Gasteiger partial charge in [0.1, 0.15) is 5.75 Å². The third-order valence-electron chi connectivity index (χ3n) is 3.73. The van der Waals surface area contributed by atoms with Crippen molar-refractivity contribution < 1.29 is 9.53 Å². The number of carbonyl (C=O) groups is 1. The third kappa shape index (κ3) is 3.06. The first-order valence-corrected chi connectivity index (χ1v) is 8.02. The standard InChI is InChI=1S/C15H21NO2S/c1-11-14-10-13(18-2)5-4-12(14)6-8-16(11)15(17)7-9-19-3/h4-5,10-11H,6-9H2,1-3H3/t11-/m1/s1. The van der Waals surface area contributed by atoms with Crippen LogP contribution in [-0.4, -0.2) is 36.5 Å². The number of methoxy groups -OCH3 is 1. The van der Waals surface area contributed by atoms with E-state index in [0.717, 1.165) is 24.5 Å². The van der Waals surface area contributed by atoms with Gasteiger partial charge in [0.05, 0.1) is 13.2 Å². The molecule has 104 valence electrons. The van der Waals surface area contributed by atoms with Crippen molar-refractivity contribution in [1.82, 2.24) is 4.90 Å². The van der Waals surface area contributed by atoms with Gasteiger partial charge in [-0.05, 0) is 42.9 Å². The van der Waals surface area contributed by atoms with Gasteiger partial charge in [-0.2, -0.15) is 11.8 Å². The van der Waals surface area contributed by atoms with E-state index in [1.54, 1.807) is 18.9 Å². The van der Waals surface area contributed by atoms with Gasteiger partial charge in [0.25, 0.3) is 0 Å². The molecule has 1 aromatic rings. The second kappa shape index (κ2) is 6.33. The van der Waals surface area contributed by atoms with Gasteiger partial charge in [0.2, 0.25) is 5.91 Å². The fourth-order valence-electron chi connectivity index (χ4n) is 2.59. The minimum atomic E-state index is 0.146. The van der Waals surface area contributed by atoms with Gasteiger partial charge < -0.3 is 9.64 Å². The van der Waals surface area contributed by atoms with Gasteiger partial charge in [-0.3, -0.25) is 4.79 Å². The molecule has 3 nitrogen and oxygen atoms in total. The molecule has 0 aromatic heterocycles. The van der Waals surface area contributed by atoms with Crippen LogP contribution in [0.1, 0.15) is 30.5 Å². The van der Waals surface area contributed by atoms with Gasteiger partial charge in [-0.1, -0.05) is 6.07 Å². The van der Waals surface area contributed by atoms with Crippen molar-refractivity contribution >= 4 is 17.7 Å². The summed E-state index contributed by atoms with van der Waals surface area (Å²) in [5.74, 6) is 2.02. The number of thioether (sulfide) groups is 1. The highest BCUT2D eigenvalue weighted by atomic mass is 32.2. The van der Waals surface area contributed by atoms with Gasteiger partial charge in [-0.25, -0.2) is 0 Å². The summed E-state index contributed by atoms with van der Waals surface area (Å²) in [5, 5.41) is 0. The van der Waals surface area contributed by atoms with Crippen LogP contribution in [0.2, 0.25) is 0 Å². The molecule has 1 aromatic carbocycles. The zero-order valence-corrected chi connectivity index (χ0v) is 12.6. The first-order chi connectivity index (χ1) is 9.17. The third-order valence-corrected chi connectivity index (χ3v) is 4.35. The smallest absolute Gasteiger partial charge is 0.223 e. The van der Waals surface area contributed by atoms with E-state index in [-0.39, 0.29) is 11.9 Å². The van der Waals surface area contributed by atoms with E-state index >= 15 is 0 Å². The minimum Gasteiger partial charge on any atom is -0.497 e. The maximum atomic E-state index is 12.2. The van der Waals surface area contributed by atoms with E-state index in [1.165, 1.54) is 11.1 Å². The lowest BCUT2D eigenvalue weighted by molar-refractivity contribution is -0.133. The number of fused-ring (bicyclic) bond motifs is 1. The Labute approximate surface area is 119 Å². The van der Waals surface area contributed by atoms with Gasteiger partial charge in [-0.15, -0.1) is 0 Å². The summed E-state index contributed by atoms with van der Waals surface area (Å²) in [6.45, 7) is 2.93. The number of carbonyl (C=O) groups excluding carboxylic acids is 1. The summed E-state index contributed by atoms with van der Waals surface area (Å²) < 4.78 is 5.28. The van der Waals surface area contributed by atoms with Crippen LogP contribution in [0.15, 0.2) is 18.2 Å². The number of benzene rings is 1. The van der Waals surface area contributed by atoms with E-state index in [1.807, 2.05) is 17.2 Å². The van der Waals surface area contributed by atoms with Crippen molar-refractivity contribution in [2.24, 2.45) is 0 Å². The van der Waals surface area contributed by atoms with Crippen LogP contribution in [0, 0.1) is 0 Å². The van der Waals surface area contributed by atoms with Crippen molar-refractivity contribution in [3.05, 3.63) is 29.3 Å². The number of hydrogen-bond donors (Lipinski definition) is 0. The topological polar surface area (TPSA) is 29.5 Å². The Morgan fingerprint density at radius 2 is 2.32 bits per heavy atom. The predicted octanol–water partition coefficient (Wildman–Crippen LogP) is 2.89. The Bertz CT molecular complexity index is 461. The van der Waals surface area contributed by atoms with Crippen molar-refractivity contribution in [2.45, 2.75) is 25.8 Å². The van der Waals surface area contributed by atoms with Gasteiger partial charge in [0, 0.05) is 18.7 Å². The number of rotatable bonds is 4. The fourth-order valence-corrected chi connectivity index (χ4v) is 2.97. The molecule has 0 bridgehead atoms. The molecular formula is C15H21NO2S. The lowest BCUT2D eigenvalue weighted by atomic mass is 9.93. The monoisotopic (exact) mass is 279 g/mol. The molecule has 0 radical (unpaired) electrons. The normalized spacial score (nSPS) is 18.1. The summed E-state index contributed by atoms with van der Waals surface area (Å²) in [5.41, 5.74) is 2.56. The molecule has 0 saturated heterocycles. The molecule has 1 amide bonds. The summed E-state index contributed by atoms with van der Waals surface area (Å²) in [4.78, 5) is 14.2. The van der Waals surface area contributed by atoms with E-state index in [2.05, 4.69) is 19.1 Å². The quantitative estimate of drug-likeness (QED) is 0.849. The molecule has 2 rings (SSSR count). The highest BCUT2D eigenvalue weighted by Crippen LogP contribution is 2.32. The van der Waals surface area contributed by atoms with Crippen LogP contribution < -0.4 is 4.74 Å². The Morgan fingerprint density at radius 1 is 1.53 bits per heavy atom. The molecule has 19 heavy (non-hydrogen) atoms. The van der Waals surface area contributed by atoms with Crippen molar-refractivity contribution in [3.8, 4) is 5.75 Å². The molecule has 4 heteroatoms. The second-order valence-electron chi connectivity index (χ2n) is 4.82. The fraction of sp³-hybridized carbons (Fsp3) is 0.533. The molecule has 1 heterocycles. The Balaban J connectivity index is 2.18. The number of nitrogens with zero attached hydrogens (tertiary/aromatic N) is 1. The molecule has 0 aliphatic carbocycles. The first-order valence-electron chi connectivity index (χ1n) is 6.62. The van der Waals surface area contributed by atoms with Crippen molar-refractivity contribution in [3.63, 3.8) is 0 Å². The number of amides is 1. The average Bonchev–Trinajstić information content (AvgIpc) is 2.45. The molecule has 1 aliphatic rings. The highest BCUT2D eigenvalue weighted by Gasteiger charge is 2.27. The maximum Gasteiger partial charge on any atom is 0.223 e. The molecule has 0 fully saturated rings. The summed E-state index contributed by atoms with van der Waals surface area (Å²) in [6, 6.07) is 6.33. The van der Waals surface area contributed by atoms with Crippen LogP contribution in [0.25, 0.3) is 0 Å². The SMILES string of the molecule is COc1ccc2c(c1)[C@@H](C)N(C(=O)CCSC)CC2. The summed E-state index contributed by atoms with van der Waals surface area (Å²) in [7, 11) is 1.68. The summed E-state index contributed by atoms with van der Waals surface area (Å²) in [6.07, 6.45) is 3.60. The molecule has 1 atom stereocenters. The van der Waals surface area contributed by atoms with Gasteiger partial charge in [0.15, 0.2) is 0 Å². The highest BCUT2D eigenvalue weighted by molar-refractivity contribution is 7.98. The predicted molar refractivity (Wildman–Crippen MR) is 79.8 cm³/mol. The van der Waals surface area contributed by atoms with Crippen LogP contribution in [0.3, 0.4) is 0 Å². The Kier molecular flexibility index (Phi) is 4.75. The molecule has 0 N–H and O–H groups in total. The van der Waals surface area contributed by atoms with Crippen LogP contribution in [-0.2, 0) is 11.2 Å². The largest absolute Gasteiger partial charge is 0.497 e. The Morgan fingerprint density at radius 3 is 3.00 bits per heavy atom. The van der Waals surface area contributed by atoms with E-state index in [0.29, 0.717) is 6.42 Å².